The number of pyridine rings is 2. The van der Waals surface area contributed by atoms with Crippen molar-refractivity contribution in [3.8, 4) is 55.6 Å². The molecule has 1 fully saturated rings. The molecule has 19 rings (SSSR count). The third kappa shape index (κ3) is 10.4. The number of benzene rings is 14. The Kier molecular flexibility index (Phi) is 14.6. The van der Waals surface area contributed by atoms with Gasteiger partial charge in [0.2, 0.25) is 0 Å². The predicted octanol–water partition coefficient (Wildman–Crippen LogP) is 23.0. The Labute approximate surface area is 565 Å². The van der Waals surface area contributed by atoms with Crippen LogP contribution in [-0.2, 0) is 9.31 Å². The lowest BCUT2D eigenvalue weighted by Crippen LogP contribution is -2.41. The first-order chi connectivity index (χ1) is 47.0. The summed E-state index contributed by atoms with van der Waals surface area (Å²) in [6, 6.07) is 112. The summed E-state index contributed by atoms with van der Waals surface area (Å²) in [5.74, 6) is 0. The third-order valence-electron chi connectivity index (χ3n) is 19.7. The van der Waals surface area contributed by atoms with Crippen LogP contribution in [0.3, 0.4) is 0 Å². The molecule has 4 aromatic heterocycles. The van der Waals surface area contributed by atoms with E-state index in [2.05, 4.69) is 356 Å². The molecule has 6 nitrogen and oxygen atoms in total. The van der Waals surface area contributed by atoms with E-state index in [1.807, 2.05) is 12.1 Å². The van der Waals surface area contributed by atoms with Crippen molar-refractivity contribution in [3.05, 3.63) is 320 Å². The molecule has 0 aliphatic carbocycles. The van der Waals surface area contributed by atoms with Crippen molar-refractivity contribution in [1.82, 2.24) is 18.8 Å². The van der Waals surface area contributed by atoms with Crippen molar-refractivity contribution in [2.45, 2.75) is 38.9 Å². The number of aromatic nitrogens is 4. The summed E-state index contributed by atoms with van der Waals surface area (Å²) in [6.45, 7) is 8.37. The van der Waals surface area contributed by atoms with Gasteiger partial charge < -0.3 is 9.31 Å². The number of hydrogen-bond donors (Lipinski definition) is 0. The van der Waals surface area contributed by atoms with Crippen molar-refractivity contribution < 1.29 is 9.31 Å². The standard InChI is InChI=1S/C41H26N2.C29H25BN2O2.C18H13Br/c1-2-8-27(9-3-1)28-14-16-29(17-15-28)30-18-20-31(21-19-30)33-23-24-35-36-25-22-32-10-4-5-11-34(32)40(36)41-42-37-12-6-7-13-38(37)43(41)39(35)26-33;1-28(2)29(3,4)34-30(33-28)19-14-16-21-22-15-13-18-9-5-6-10-20(18)26(22)27-31-23-11-7-8-12-24(23)32(27)25(21)17-19;19-18-12-10-17(11-13-18)16-8-6-15(7-9-16)14-4-2-1-3-5-14/h1-26H;5-17H,1-4H3;1-13H. The maximum Gasteiger partial charge on any atom is 0.494 e. The first kappa shape index (κ1) is 58.8. The van der Waals surface area contributed by atoms with E-state index < -0.39 is 7.12 Å². The third-order valence-corrected chi connectivity index (χ3v) is 20.3. The van der Waals surface area contributed by atoms with E-state index in [4.69, 9.17) is 19.3 Å². The topological polar surface area (TPSA) is 53.1 Å². The Morgan fingerprint density at radius 1 is 0.292 bits per heavy atom. The first-order valence-electron chi connectivity index (χ1n) is 32.8. The van der Waals surface area contributed by atoms with Crippen LogP contribution in [0.2, 0.25) is 0 Å². The second-order valence-electron chi connectivity index (χ2n) is 26.0. The molecule has 0 unspecified atom stereocenters. The average molecular weight is 1300 g/mol. The number of nitrogens with zero attached hydrogens (tertiary/aromatic N) is 4. The summed E-state index contributed by atoms with van der Waals surface area (Å²) in [7, 11) is -0.411. The quantitative estimate of drug-likeness (QED) is 0.123. The van der Waals surface area contributed by atoms with Gasteiger partial charge in [-0.1, -0.05) is 283 Å². The highest BCUT2D eigenvalue weighted by molar-refractivity contribution is 9.10. The molecule has 1 aliphatic rings. The number of hydrogen-bond acceptors (Lipinski definition) is 4. The summed E-state index contributed by atoms with van der Waals surface area (Å²) < 4.78 is 18.5. The van der Waals surface area contributed by atoms with Gasteiger partial charge in [0, 0.05) is 26.0 Å². The Morgan fingerprint density at radius 3 is 1.07 bits per heavy atom. The van der Waals surface area contributed by atoms with Crippen LogP contribution in [0.4, 0.5) is 0 Å². The van der Waals surface area contributed by atoms with E-state index >= 15 is 0 Å². The second kappa shape index (κ2) is 23.8. The van der Waals surface area contributed by atoms with Gasteiger partial charge in [-0.05, 0) is 170 Å². The first-order valence-corrected chi connectivity index (χ1v) is 33.6. The molecule has 0 saturated carbocycles. The lowest BCUT2D eigenvalue weighted by molar-refractivity contribution is 0.00578. The molecular formula is C88H64BBrN4O2. The van der Waals surface area contributed by atoms with E-state index in [0.29, 0.717) is 0 Å². The maximum absolute atomic E-state index is 6.38. The van der Waals surface area contributed by atoms with Crippen LogP contribution in [0, 0.1) is 0 Å². The molecule has 18 aromatic rings. The van der Waals surface area contributed by atoms with E-state index in [0.717, 1.165) is 48.8 Å². The van der Waals surface area contributed by atoms with E-state index in [1.165, 1.54) is 115 Å². The van der Waals surface area contributed by atoms with Gasteiger partial charge in [-0.15, -0.1) is 0 Å². The smallest absolute Gasteiger partial charge is 0.399 e. The molecule has 0 N–H and O–H groups in total. The van der Waals surface area contributed by atoms with Crippen LogP contribution in [0.5, 0.6) is 0 Å². The highest BCUT2D eigenvalue weighted by Gasteiger charge is 2.51. The molecule has 1 saturated heterocycles. The summed E-state index contributed by atoms with van der Waals surface area (Å²) in [5.41, 5.74) is 21.0. The predicted molar refractivity (Wildman–Crippen MR) is 407 cm³/mol. The molecule has 0 amide bonds. The van der Waals surface area contributed by atoms with Crippen LogP contribution >= 0.6 is 15.9 Å². The molecule has 1 aliphatic heterocycles. The molecule has 458 valence electrons. The fraction of sp³-hybridized carbons (Fsp3) is 0.0682. The van der Waals surface area contributed by atoms with E-state index in [-0.39, 0.29) is 11.2 Å². The van der Waals surface area contributed by atoms with Gasteiger partial charge in [0.15, 0.2) is 0 Å². The zero-order valence-electron chi connectivity index (χ0n) is 53.6. The number of rotatable bonds is 6. The molecular weight excluding hydrogens is 1240 g/mol. The van der Waals surface area contributed by atoms with Crippen molar-refractivity contribution in [1.29, 1.82) is 0 Å². The second-order valence-corrected chi connectivity index (χ2v) is 26.9. The highest BCUT2D eigenvalue weighted by atomic mass is 79.9. The largest absolute Gasteiger partial charge is 0.494 e. The van der Waals surface area contributed by atoms with Gasteiger partial charge in [0.1, 0.15) is 11.3 Å². The Hall–Kier alpha value is -11.0. The zero-order chi connectivity index (χ0) is 64.7. The summed E-state index contributed by atoms with van der Waals surface area (Å²) >= 11 is 3.46. The maximum atomic E-state index is 6.38. The molecule has 5 heterocycles. The molecule has 0 bridgehead atoms. The lowest BCUT2D eigenvalue weighted by Gasteiger charge is -2.32. The number of halogens is 1. The number of fused-ring (bicyclic) bond motifs is 20. The monoisotopic (exact) mass is 1300 g/mol. The minimum Gasteiger partial charge on any atom is -0.399 e. The van der Waals surface area contributed by atoms with Crippen LogP contribution in [0.25, 0.3) is 154 Å². The summed E-state index contributed by atoms with van der Waals surface area (Å²) in [5, 5.41) is 12.2. The fourth-order valence-electron chi connectivity index (χ4n) is 14.0. The van der Waals surface area contributed by atoms with Crippen LogP contribution < -0.4 is 5.46 Å². The normalized spacial score (nSPS) is 13.5. The Bertz CT molecular complexity index is 5990. The molecule has 0 radical (unpaired) electrons. The van der Waals surface area contributed by atoms with Gasteiger partial charge in [0.25, 0.3) is 0 Å². The van der Waals surface area contributed by atoms with Gasteiger partial charge in [-0.2, -0.15) is 0 Å². The van der Waals surface area contributed by atoms with Crippen molar-refractivity contribution in [2.24, 2.45) is 0 Å². The van der Waals surface area contributed by atoms with Gasteiger partial charge in [-0.3, -0.25) is 8.80 Å². The van der Waals surface area contributed by atoms with Gasteiger partial charge in [0.05, 0.1) is 44.3 Å². The summed E-state index contributed by atoms with van der Waals surface area (Å²) in [6.07, 6.45) is 0. The highest BCUT2D eigenvalue weighted by Crippen LogP contribution is 2.42. The average Bonchev–Trinajstić information content (AvgIpc) is 1.46. The van der Waals surface area contributed by atoms with E-state index in [9.17, 15) is 0 Å². The lowest BCUT2D eigenvalue weighted by atomic mass is 9.78. The molecule has 8 heteroatoms. The minimum absolute atomic E-state index is 0.383. The van der Waals surface area contributed by atoms with Crippen molar-refractivity contribution in [3.63, 3.8) is 0 Å². The zero-order valence-corrected chi connectivity index (χ0v) is 55.2. The SMILES string of the molecule is Brc1ccc(-c2ccc(-c3ccccc3)cc2)cc1.CC1(C)OB(c2ccc3c4ccc5ccccc5c4c4nc5ccccc5n4c3c2)OC1(C)C.c1ccc(-c2ccc(-c3ccc(-c4ccc5c6ccc7ccccc7c6c6nc7ccccc7n6c5c4)cc3)cc2)cc1. The van der Waals surface area contributed by atoms with Gasteiger partial charge >= 0.3 is 7.12 Å². The molecule has 0 spiro atoms. The molecule has 0 atom stereocenters. The minimum atomic E-state index is -0.411. The van der Waals surface area contributed by atoms with Crippen molar-refractivity contribution in [2.75, 3.05) is 0 Å². The number of imidazole rings is 2. The van der Waals surface area contributed by atoms with Crippen LogP contribution in [0.1, 0.15) is 27.7 Å². The van der Waals surface area contributed by atoms with Gasteiger partial charge in [-0.25, -0.2) is 9.97 Å². The molecule has 14 aromatic carbocycles. The summed E-state index contributed by atoms with van der Waals surface area (Å²) in [4.78, 5) is 10.3. The Morgan fingerprint density at radius 2 is 0.625 bits per heavy atom. The van der Waals surface area contributed by atoms with E-state index in [1.54, 1.807) is 0 Å². The van der Waals surface area contributed by atoms with Crippen LogP contribution in [-0.4, -0.2) is 37.1 Å². The molecule has 96 heavy (non-hydrogen) atoms. The number of para-hydroxylation sites is 4. The van der Waals surface area contributed by atoms with Crippen molar-refractivity contribution >= 4 is 127 Å². The Balaban J connectivity index is 0.000000117. The van der Waals surface area contributed by atoms with Crippen LogP contribution in [0.15, 0.2) is 320 Å². The fourth-order valence-corrected chi connectivity index (χ4v) is 14.3.